The Morgan fingerprint density at radius 2 is 1.83 bits per heavy atom. The first-order valence-electron chi connectivity index (χ1n) is 8.53. The number of nitrogens with one attached hydrogen (secondary N) is 3. The van der Waals surface area contributed by atoms with Crippen LogP contribution < -0.4 is 25.6 Å². The summed E-state index contributed by atoms with van der Waals surface area (Å²) >= 11 is 10.5. The number of thiocarbonyl (C=S) groups is 1. The molecule has 154 valence electrons. The van der Waals surface area contributed by atoms with Crippen molar-refractivity contribution in [2.24, 2.45) is 0 Å². The summed E-state index contributed by atoms with van der Waals surface area (Å²) in [5, 5.41) is 2.47. The lowest BCUT2D eigenvalue weighted by Gasteiger charge is -2.14. The quantitative estimate of drug-likeness (QED) is 0.269. The molecule has 7 nitrogen and oxygen atoms in total. The second-order valence-corrected chi connectivity index (χ2v) is 8.19. The maximum absolute atomic E-state index is 12.6. The van der Waals surface area contributed by atoms with Gasteiger partial charge < -0.3 is 9.47 Å². The van der Waals surface area contributed by atoms with Crippen molar-refractivity contribution < 1.29 is 19.1 Å². The van der Waals surface area contributed by atoms with Gasteiger partial charge in [0.25, 0.3) is 11.8 Å². The standard InChI is InChI=1S/C19H19BrIN3O4S/c1-3-8-28-15-7-5-12(20)10-13(15)18(26)22-19(29)24-23-17(25)11-4-6-16(27-2)14(21)9-11/h4-7,9-10H,3,8H2,1-2H3,(H,23,25)(H2,22,24,26,29). The molecule has 10 heteroatoms. The zero-order valence-electron chi connectivity index (χ0n) is 15.7. The summed E-state index contributed by atoms with van der Waals surface area (Å²) in [7, 11) is 1.56. The number of rotatable bonds is 6. The van der Waals surface area contributed by atoms with E-state index in [4.69, 9.17) is 21.7 Å². The van der Waals surface area contributed by atoms with Crippen LogP contribution in [0.5, 0.6) is 11.5 Å². The Labute approximate surface area is 196 Å². The molecule has 0 saturated heterocycles. The third-order valence-corrected chi connectivity index (χ3v) is 5.12. The third-order valence-electron chi connectivity index (χ3n) is 3.58. The molecule has 0 unspecified atom stereocenters. The van der Waals surface area contributed by atoms with E-state index in [1.165, 1.54) is 0 Å². The van der Waals surface area contributed by atoms with E-state index in [1.54, 1.807) is 43.5 Å². The summed E-state index contributed by atoms with van der Waals surface area (Å²) in [6, 6.07) is 10.1. The molecule has 0 spiro atoms. The molecule has 29 heavy (non-hydrogen) atoms. The summed E-state index contributed by atoms with van der Waals surface area (Å²) in [5.41, 5.74) is 5.71. The van der Waals surface area contributed by atoms with E-state index in [-0.39, 0.29) is 5.11 Å². The van der Waals surface area contributed by atoms with Crippen molar-refractivity contribution in [3.8, 4) is 11.5 Å². The zero-order chi connectivity index (χ0) is 21.4. The highest BCUT2D eigenvalue weighted by atomic mass is 127. The average Bonchev–Trinajstić information content (AvgIpc) is 2.70. The fraction of sp³-hybridized carbons (Fsp3) is 0.211. The van der Waals surface area contributed by atoms with Gasteiger partial charge in [-0.2, -0.15) is 0 Å². The molecule has 3 N–H and O–H groups in total. The van der Waals surface area contributed by atoms with Crippen LogP contribution in [0.15, 0.2) is 40.9 Å². The van der Waals surface area contributed by atoms with Gasteiger partial charge >= 0.3 is 0 Å². The highest BCUT2D eigenvalue weighted by Crippen LogP contribution is 2.23. The van der Waals surface area contributed by atoms with E-state index in [2.05, 4.69) is 54.7 Å². The molecule has 0 bridgehead atoms. The van der Waals surface area contributed by atoms with Gasteiger partial charge in [0.05, 0.1) is 22.9 Å². The van der Waals surface area contributed by atoms with Crippen molar-refractivity contribution in [2.45, 2.75) is 13.3 Å². The van der Waals surface area contributed by atoms with Crippen molar-refractivity contribution in [1.82, 2.24) is 16.2 Å². The largest absolute Gasteiger partial charge is 0.496 e. The molecule has 2 amide bonds. The van der Waals surface area contributed by atoms with Gasteiger partial charge in [-0.25, -0.2) is 0 Å². The van der Waals surface area contributed by atoms with Gasteiger partial charge in [-0.1, -0.05) is 22.9 Å². The molecule has 0 heterocycles. The number of hydrogen-bond donors (Lipinski definition) is 3. The summed E-state index contributed by atoms with van der Waals surface area (Å²) in [4.78, 5) is 24.8. The van der Waals surface area contributed by atoms with E-state index in [0.29, 0.717) is 29.2 Å². The number of carbonyl (C=O) groups is 2. The molecule has 0 aliphatic rings. The summed E-state index contributed by atoms with van der Waals surface area (Å²) in [6.07, 6.45) is 0.813. The minimum Gasteiger partial charge on any atom is -0.496 e. The summed E-state index contributed by atoms with van der Waals surface area (Å²) in [5.74, 6) is 0.264. The molecule has 0 radical (unpaired) electrons. The normalized spacial score (nSPS) is 10.1. The SMILES string of the molecule is CCCOc1ccc(Br)cc1C(=O)NC(=S)NNC(=O)c1ccc(OC)c(I)c1. The Kier molecular flexibility index (Phi) is 9.11. The van der Waals surface area contributed by atoms with E-state index in [0.717, 1.165) is 14.5 Å². The van der Waals surface area contributed by atoms with Gasteiger partial charge in [-0.05, 0) is 77.6 Å². The molecular formula is C19H19BrIN3O4S. The Hall–Kier alpha value is -1.92. The Bertz CT molecular complexity index is 926. The molecule has 2 aromatic rings. The minimum absolute atomic E-state index is 0.0482. The maximum atomic E-state index is 12.6. The second-order valence-electron chi connectivity index (χ2n) is 5.70. The van der Waals surface area contributed by atoms with Crippen LogP contribution in [0.3, 0.4) is 0 Å². The predicted molar refractivity (Wildman–Crippen MR) is 126 cm³/mol. The van der Waals surface area contributed by atoms with Crippen LogP contribution in [0.25, 0.3) is 0 Å². The molecule has 0 saturated carbocycles. The molecule has 2 aromatic carbocycles. The highest BCUT2D eigenvalue weighted by Gasteiger charge is 2.15. The summed E-state index contributed by atoms with van der Waals surface area (Å²) < 4.78 is 12.3. The highest BCUT2D eigenvalue weighted by molar-refractivity contribution is 14.1. The number of halogens is 2. The van der Waals surface area contributed by atoms with Crippen LogP contribution in [0.2, 0.25) is 0 Å². The van der Waals surface area contributed by atoms with Gasteiger partial charge in [0, 0.05) is 10.0 Å². The van der Waals surface area contributed by atoms with Gasteiger partial charge in [0.1, 0.15) is 11.5 Å². The van der Waals surface area contributed by atoms with Crippen molar-refractivity contribution in [2.75, 3.05) is 13.7 Å². The lowest BCUT2D eigenvalue weighted by molar-refractivity contribution is 0.0933. The monoisotopic (exact) mass is 591 g/mol. The van der Waals surface area contributed by atoms with Crippen molar-refractivity contribution in [3.05, 3.63) is 55.6 Å². The fourth-order valence-corrected chi connectivity index (χ4v) is 3.45. The molecule has 0 atom stereocenters. The third kappa shape index (κ3) is 6.82. The first-order valence-corrected chi connectivity index (χ1v) is 10.8. The number of benzene rings is 2. The van der Waals surface area contributed by atoms with Gasteiger partial charge in [0.15, 0.2) is 5.11 Å². The van der Waals surface area contributed by atoms with Crippen molar-refractivity contribution >= 4 is 67.7 Å². The maximum Gasteiger partial charge on any atom is 0.269 e. The molecule has 0 aliphatic carbocycles. The summed E-state index contributed by atoms with van der Waals surface area (Å²) in [6.45, 7) is 2.46. The number of hydrogen-bond acceptors (Lipinski definition) is 5. The Balaban J connectivity index is 1.97. The van der Waals surface area contributed by atoms with Crippen LogP contribution in [-0.4, -0.2) is 30.6 Å². The molecule has 2 rings (SSSR count). The molecule has 0 aromatic heterocycles. The first kappa shape index (κ1) is 23.4. The van der Waals surface area contributed by atoms with Crippen LogP contribution in [-0.2, 0) is 0 Å². The molecule has 0 aliphatic heterocycles. The van der Waals surface area contributed by atoms with Crippen molar-refractivity contribution in [3.63, 3.8) is 0 Å². The van der Waals surface area contributed by atoms with E-state index >= 15 is 0 Å². The van der Waals surface area contributed by atoms with E-state index in [1.807, 2.05) is 6.92 Å². The van der Waals surface area contributed by atoms with E-state index in [9.17, 15) is 9.59 Å². The molecular weight excluding hydrogens is 573 g/mol. The Morgan fingerprint density at radius 3 is 2.48 bits per heavy atom. The number of amides is 2. The molecule has 0 fully saturated rings. The van der Waals surface area contributed by atoms with Crippen LogP contribution >= 0.6 is 50.7 Å². The van der Waals surface area contributed by atoms with E-state index < -0.39 is 11.8 Å². The average molecular weight is 592 g/mol. The second kappa shape index (κ2) is 11.3. The zero-order valence-corrected chi connectivity index (χ0v) is 20.2. The number of ether oxygens (including phenoxy) is 2. The van der Waals surface area contributed by atoms with Crippen LogP contribution in [0, 0.1) is 3.57 Å². The van der Waals surface area contributed by atoms with Gasteiger partial charge in [-0.15, -0.1) is 0 Å². The van der Waals surface area contributed by atoms with Gasteiger partial charge in [0.2, 0.25) is 0 Å². The predicted octanol–water partition coefficient (Wildman–Crippen LogP) is 3.80. The smallest absolute Gasteiger partial charge is 0.269 e. The van der Waals surface area contributed by atoms with Crippen LogP contribution in [0.1, 0.15) is 34.1 Å². The lowest BCUT2D eigenvalue weighted by atomic mass is 10.2. The minimum atomic E-state index is -0.455. The first-order chi connectivity index (χ1) is 13.8. The number of carbonyl (C=O) groups excluding carboxylic acids is 2. The van der Waals surface area contributed by atoms with Gasteiger partial charge in [-0.3, -0.25) is 25.8 Å². The number of hydrazine groups is 1. The topological polar surface area (TPSA) is 88.7 Å². The Morgan fingerprint density at radius 1 is 1.10 bits per heavy atom. The lowest BCUT2D eigenvalue weighted by Crippen LogP contribution is -2.48. The van der Waals surface area contributed by atoms with Crippen LogP contribution in [0.4, 0.5) is 0 Å². The van der Waals surface area contributed by atoms with Crippen molar-refractivity contribution in [1.29, 1.82) is 0 Å². The fourth-order valence-electron chi connectivity index (χ4n) is 2.21. The number of methoxy groups -OCH3 is 1.